The molecule has 0 amide bonds. The smallest absolute Gasteiger partial charge is 0.111 e. The Balaban J connectivity index is 2.82. The van der Waals surface area contributed by atoms with Crippen LogP contribution in [0.1, 0.15) is 19.8 Å². The molecule has 0 aromatic rings. The molecule has 1 fully saturated rings. The van der Waals surface area contributed by atoms with Crippen molar-refractivity contribution < 1.29 is 35.4 Å². The van der Waals surface area contributed by atoms with Gasteiger partial charge in [0.15, 0.2) is 0 Å². The van der Waals surface area contributed by atoms with Crippen molar-refractivity contribution in [1.29, 1.82) is 0 Å². The molecule has 19 heavy (non-hydrogen) atoms. The molecule has 6 N–H and O–H groups in total. The molecule has 1 aliphatic heterocycles. The monoisotopic (exact) mass is 280 g/mol. The van der Waals surface area contributed by atoms with Gasteiger partial charge in [-0.05, 0) is 19.8 Å². The summed E-state index contributed by atoms with van der Waals surface area (Å²) in [6.07, 6.45) is -6.05. The van der Waals surface area contributed by atoms with Crippen molar-refractivity contribution in [3.63, 3.8) is 0 Å². The highest BCUT2D eigenvalue weighted by atomic mass is 16.5. The summed E-state index contributed by atoms with van der Waals surface area (Å²) < 4.78 is 5.40. The molecule has 1 saturated heterocycles. The molecule has 114 valence electrons. The molecule has 0 radical (unpaired) electrons. The molecule has 1 rings (SSSR count). The number of rotatable bonds is 6. The topological polar surface area (TPSA) is 131 Å². The van der Waals surface area contributed by atoms with Gasteiger partial charge < -0.3 is 35.4 Å². The third kappa shape index (κ3) is 3.85. The second-order valence-electron chi connectivity index (χ2n) is 5.06. The average molecular weight is 280 g/mol. The van der Waals surface area contributed by atoms with Crippen molar-refractivity contribution in [3.05, 3.63) is 0 Å². The van der Waals surface area contributed by atoms with E-state index in [0.29, 0.717) is 12.8 Å². The largest absolute Gasteiger partial charge is 0.396 e. The molecule has 0 aromatic carbocycles. The first kappa shape index (κ1) is 16.8. The molecule has 7 atom stereocenters. The molecule has 0 saturated carbocycles. The Morgan fingerprint density at radius 1 is 1.05 bits per heavy atom. The van der Waals surface area contributed by atoms with Crippen LogP contribution in [0.2, 0.25) is 0 Å². The number of hydrogen-bond donors (Lipinski definition) is 6. The molecule has 0 aromatic heterocycles. The van der Waals surface area contributed by atoms with Gasteiger partial charge in [-0.15, -0.1) is 0 Å². The lowest BCUT2D eigenvalue weighted by molar-refractivity contribution is -0.248. The normalized spacial score (nSPS) is 39.0. The van der Waals surface area contributed by atoms with E-state index in [2.05, 4.69) is 0 Å². The van der Waals surface area contributed by atoms with Crippen molar-refractivity contribution in [2.24, 2.45) is 5.92 Å². The van der Waals surface area contributed by atoms with Gasteiger partial charge in [0.1, 0.15) is 24.4 Å². The van der Waals surface area contributed by atoms with Crippen LogP contribution in [0.5, 0.6) is 0 Å². The van der Waals surface area contributed by atoms with Crippen molar-refractivity contribution >= 4 is 0 Å². The minimum absolute atomic E-state index is 0.0549. The predicted octanol–water partition coefficient (Wildman–Crippen LogP) is -2.40. The van der Waals surface area contributed by atoms with Crippen LogP contribution in [0.15, 0.2) is 0 Å². The highest BCUT2D eigenvalue weighted by Gasteiger charge is 2.46. The van der Waals surface area contributed by atoms with Crippen LogP contribution in [-0.2, 0) is 4.74 Å². The maximum Gasteiger partial charge on any atom is 0.111 e. The Morgan fingerprint density at radius 3 is 2.16 bits per heavy atom. The summed E-state index contributed by atoms with van der Waals surface area (Å²) in [5, 5.41) is 57.0. The van der Waals surface area contributed by atoms with Crippen LogP contribution in [0.4, 0.5) is 0 Å². The van der Waals surface area contributed by atoms with Crippen LogP contribution < -0.4 is 0 Å². The molecule has 0 aliphatic carbocycles. The third-order valence-electron chi connectivity index (χ3n) is 3.67. The number of aliphatic hydroxyl groups excluding tert-OH is 6. The molecular formula is C12H24O7. The fourth-order valence-corrected chi connectivity index (χ4v) is 2.49. The lowest BCUT2D eigenvalue weighted by Gasteiger charge is -2.44. The summed E-state index contributed by atoms with van der Waals surface area (Å²) in [6.45, 7) is 0.984. The Kier molecular flexibility index (Phi) is 6.61. The zero-order valence-electron chi connectivity index (χ0n) is 11.0. The van der Waals surface area contributed by atoms with E-state index in [1.165, 1.54) is 6.92 Å². The first-order chi connectivity index (χ1) is 8.93. The van der Waals surface area contributed by atoms with Gasteiger partial charge in [0.05, 0.1) is 18.8 Å². The van der Waals surface area contributed by atoms with Crippen LogP contribution in [0.3, 0.4) is 0 Å². The molecule has 1 heterocycles. The van der Waals surface area contributed by atoms with Crippen LogP contribution in [-0.4, -0.2) is 80.5 Å². The third-order valence-corrected chi connectivity index (χ3v) is 3.67. The Hall–Kier alpha value is -0.280. The molecule has 0 spiro atoms. The van der Waals surface area contributed by atoms with Crippen molar-refractivity contribution in [1.82, 2.24) is 0 Å². The molecule has 1 aliphatic rings. The molecule has 0 bridgehead atoms. The molecule has 2 unspecified atom stereocenters. The van der Waals surface area contributed by atoms with Gasteiger partial charge in [0.25, 0.3) is 0 Å². The average Bonchev–Trinajstić information content (AvgIpc) is 2.38. The summed E-state index contributed by atoms with van der Waals surface area (Å²) in [6, 6.07) is 0. The van der Waals surface area contributed by atoms with E-state index in [4.69, 9.17) is 14.9 Å². The second kappa shape index (κ2) is 7.49. The maximum absolute atomic E-state index is 9.95. The van der Waals surface area contributed by atoms with E-state index < -0.39 is 49.1 Å². The van der Waals surface area contributed by atoms with E-state index in [1.54, 1.807) is 0 Å². The molecule has 7 heteroatoms. The van der Waals surface area contributed by atoms with Gasteiger partial charge in [0.2, 0.25) is 0 Å². The SMILES string of the molecule is CC(O)C(CCCO)[C@@H]1O[C@H](CO)[C@H](O)[C@H](O)[C@H]1O. The number of hydrogen-bond acceptors (Lipinski definition) is 7. The maximum atomic E-state index is 9.95. The minimum atomic E-state index is -1.44. The van der Waals surface area contributed by atoms with E-state index in [1.807, 2.05) is 0 Å². The van der Waals surface area contributed by atoms with Gasteiger partial charge >= 0.3 is 0 Å². The van der Waals surface area contributed by atoms with Crippen LogP contribution >= 0.6 is 0 Å². The number of ether oxygens (including phenoxy) is 1. The zero-order chi connectivity index (χ0) is 14.6. The lowest BCUT2D eigenvalue weighted by atomic mass is 9.83. The first-order valence-electron chi connectivity index (χ1n) is 6.53. The summed E-state index contributed by atoms with van der Waals surface area (Å²) in [4.78, 5) is 0. The Morgan fingerprint density at radius 2 is 1.68 bits per heavy atom. The van der Waals surface area contributed by atoms with E-state index in [9.17, 15) is 20.4 Å². The summed E-state index contributed by atoms with van der Waals surface area (Å²) in [7, 11) is 0. The molecule has 7 nitrogen and oxygen atoms in total. The van der Waals surface area contributed by atoms with Gasteiger partial charge in [0, 0.05) is 12.5 Å². The fourth-order valence-electron chi connectivity index (χ4n) is 2.49. The second-order valence-corrected chi connectivity index (χ2v) is 5.06. The minimum Gasteiger partial charge on any atom is -0.396 e. The summed E-state index contributed by atoms with van der Waals surface area (Å²) in [5.74, 6) is -0.502. The summed E-state index contributed by atoms with van der Waals surface area (Å²) in [5.41, 5.74) is 0. The van der Waals surface area contributed by atoms with E-state index >= 15 is 0 Å². The Labute approximate surface area is 112 Å². The predicted molar refractivity (Wildman–Crippen MR) is 65.3 cm³/mol. The van der Waals surface area contributed by atoms with Crippen molar-refractivity contribution in [2.45, 2.75) is 56.4 Å². The van der Waals surface area contributed by atoms with Crippen molar-refractivity contribution in [2.75, 3.05) is 13.2 Å². The number of aliphatic hydroxyl groups is 6. The fraction of sp³-hybridized carbons (Fsp3) is 1.00. The van der Waals surface area contributed by atoms with Gasteiger partial charge in [-0.25, -0.2) is 0 Å². The van der Waals surface area contributed by atoms with Crippen molar-refractivity contribution in [3.8, 4) is 0 Å². The standard InChI is InChI=1S/C12H24O7/c1-6(15)7(3-2-4-13)12-11(18)10(17)9(16)8(5-14)19-12/h6-18H,2-5H2,1H3/t6?,7?,8-,9+,10+,11-,12+/m1/s1. The summed E-state index contributed by atoms with van der Waals surface area (Å²) >= 11 is 0. The lowest BCUT2D eigenvalue weighted by Crippen LogP contribution is -2.61. The van der Waals surface area contributed by atoms with Crippen LogP contribution in [0, 0.1) is 5.92 Å². The van der Waals surface area contributed by atoms with Gasteiger partial charge in [-0.3, -0.25) is 0 Å². The van der Waals surface area contributed by atoms with Crippen LogP contribution in [0.25, 0.3) is 0 Å². The highest BCUT2D eigenvalue weighted by molar-refractivity contribution is 4.95. The quantitative estimate of drug-likeness (QED) is 0.320. The highest BCUT2D eigenvalue weighted by Crippen LogP contribution is 2.30. The zero-order valence-corrected chi connectivity index (χ0v) is 11.0. The van der Waals surface area contributed by atoms with Gasteiger partial charge in [-0.1, -0.05) is 0 Å². The van der Waals surface area contributed by atoms with E-state index in [-0.39, 0.29) is 6.61 Å². The van der Waals surface area contributed by atoms with E-state index in [0.717, 1.165) is 0 Å². The first-order valence-corrected chi connectivity index (χ1v) is 6.53. The Bertz CT molecular complexity index is 258. The van der Waals surface area contributed by atoms with Gasteiger partial charge in [-0.2, -0.15) is 0 Å². The molecular weight excluding hydrogens is 256 g/mol.